The number of benzene rings is 1. The van der Waals surface area contributed by atoms with Gasteiger partial charge in [0.15, 0.2) is 0 Å². The van der Waals surface area contributed by atoms with Gasteiger partial charge in [0, 0.05) is 55.7 Å². The number of aromatic nitrogens is 4. The second-order valence-corrected chi connectivity index (χ2v) is 6.20. The van der Waals surface area contributed by atoms with Crippen LogP contribution in [0.4, 0.5) is 11.9 Å². The van der Waals surface area contributed by atoms with Crippen molar-refractivity contribution in [1.29, 1.82) is 0 Å². The maximum atomic E-state index is 5.54. The van der Waals surface area contributed by atoms with Crippen molar-refractivity contribution in [1.82, 2.24) is 29.8 Å². The van der Waals surface area contributed by atoms with Crippen molar-refractivity contribution in [2.24, 2.45) is 0 Å². The van der Waals surface area contributed by atoms with E-state index in [1.54, 1.807) is 12.4 Å². The lowest BCUT2D eigenvalue weighted by Gasteiger charge is -2.32. The molecule has 3 N–H and O–H groups in total. The molecule has 0 saturated carbocycles. The highest BCUT2D eigenvalue weighted by molar-refractivity contribution is 5.84. The van der Waals surface area contributed by atoms with Gasteiger partial charge < -0.3 is 10.6 Å². The third-order valence-corrected chi connectivity index (χ3v) is 4.35. The second-order valence-electron chi connectivity index (χ2n) is 6.20. The maximum Gasteiger partial charge on any atom is 0.238 e. The number of hydrogen-bond acceptors (Lipinski definition) is 8. The molecular weight excluding hydrogens is 316 g/mol. The third-order valence-electron chi connectivity index (χ3n) is 4.35. The number of rotatable bonds is 3. The molecule has 8 nitrogen and oxygen atoms in total. The second kappa shape index (κ2) is 6.58. The van der Waals surface area contributed by atoms with Crippen molar-refractivity contribution >= 4 is 22.8 Å². The molecule has 0 amide bonds. The standard InChI is InChI=1S/C17H20N8/c1-24-4-6-25(7-5-24)23-17-21-9-13-8-12(2-3-15(13)22-17)14-10-19-16(18)20-11-14/h2-3,8-11H,4-7H2,1H3,(H2,18,19,20)(H,21,22,23). The van der Waals surface area contributed by atoms with Gasteiger partial charge in [-0.3, -0.25) is 5.43 Å². The van der Waals surface area contributed by atoms with Crippen molar-refractivity contribution < 1.29 is 0 Å². The van der Waals surface area contributed by atoms with Gasteiger partial charge in [-0.05, 0) is 24.7 Å². The Morgan fingerprint density at radius 3 is 2.48 bits per heavy atom. The molecule has 1 aromatic carbocycles. The zero-order valence-electron chi connectivity index (χ0n) is 14.1. The normalized spacial score (nSPS) is 16.2. The molecule has 2 aromatic heterocycles. The predicted molar refractivity (Wildman–Crippen MR) is 97.7 cm³/mol. The van der Waals surface area contributed by atoms with E-state index in [0.29, 0.717) is 5.95 Å². The Bertz CT molecular complexity index is 871. The Hall–Kier alpha value is -2.84. The van der Waals surface area contributed by atoms with E-state index in [0.717, 1.165) is 48.2 Å². The van der Waals surface area contributed by atoms with Crippen LogP contribution >= 0.6 is 0 Å². The van der Waals surface area contributed by atoms with Crippen molar-refractivity contribution in [3.05, 3.63) is 36.8 Å². The van der Waals surface area contributed by atoms with Crippen molar-refractivity contribution in [2.75, 3.05) is 44.4 Å². The Kier molecular flexibility index (Phi) is 4.12. The first-order valence-electron chi connectivity index (χ1n) is 8.22. The summed E-state index contributed by atoms with van der Waals surface area (Å²) < 4.78 is 0. The summed E-state index contributed by atoms with van der Waals surface area (Å²) in [6, 6.07) is 6.02. The number of nitrogens with zero attached hydrogens (tertiary/aromatic N) is 6. The summed E-state index contributed by atoms with van der Waals surface area (Å²) >= 11 is 0. The molecule has 0 radical (unpaired) electrons. The first kappa shape index (κ1) is 15.7. The predicted octanol–water partition coefficient (Wildman–Crippen LogP) is 1.24. The quantitative estimate of drug-likeness (QED) is 0.737. The van der Waals surface area contributed by atoms with Crippen LogP contribution in [0, 0.1) is 0 Å². The zero-order chi connectivity index (χ0) is 17.2. The largest absolute Gasteiger partial charge is 0.368 e. The van der Waals surface area contributed by atoms with Gasteiger partial charge in [-0.25, -0.2) is 24.9 Å². The minimum absolute atomic E-state index is 0.271. The van der Waals surface area contributed by atoms with Crippen LogP contribution in [0.25, 0.3) is 22.0 Å². The van der Waals surface area contributed by atoms with Gasteiger partial charge in [-0.15, -0.1) is 0 Å². The van der Waals surface area contributed by atoms with Gasteiger partial charge in [0.05, 0.1) is 5.52 Å². The Labute approximate surface area is 145 Å². The fourth-order valence-corrected chi connectivity index (χ4v) is 2.81. The lowest BCUT2D eigenvalue weighted by molar-refractivity contribution is 0.178. The highest BCUT2D eigenvalue weighted by Crippen LogP contribution is 2.23. The molecule has 1 aliphatic heterocycles. The molecular formula is C17H20N8. The first-order chi connectivity index (χ1) is 12.2. The van der Waals surface area contributed by atoms with Crippen LogP contribution in [0.3, 0.4) is 0 Å². The van der Waals surface area contributed by atoms with Crippen LogP contribution in [-0.2, 0) is 0 Å². The minimum atomic E-state index is 0.271. The van der Waals surface area contributed by atoms with Gasteiger partial charge in [0.25, 0.3) is 0 Å². The third kappa shape index (κ3) is 3.49. The molecule has 1 saturated heterocycles. The number of hydrazine groups is 1. The van der Waals surface area contributed by atoms with E-state index < -0.39 is 0 Å². The number of anilines is 2. The summed E-state index contributed by atoms with van der Waals surface area (Å²) in [6.45, 7) is 3.98. The summed E-state index contributed by atoms with van der Waals surface area (Å²) in [5.74, 6) is 0.896. The van der Waals surface area contributed by atoms with Crippen LogP contribution < -0.4 is 11.2 Å². The summed E-state index contributed by atoms with van der Waals surface area (Å²) in [4.78, 5) is 19.4. The summed E-state index contributed by atoms with van der Waals surface area (Å²) in [6.07, 6.45) is 5.27. The number of hydrogen-bond donors (Lipinski definition) is 2. The monoisotopic (exact) mass is 336 g/mol. The first-order valence-corrected chi connectivity index (χ1v) is 8.22. The molecule has 0 spiro atoms. The molecule has 1 fully saturated rings. The molecule has 0 bridgehead atoms. The van der Waals surface area contributed by atoms with E-state index in [1.165, 1.54) is 0 Å². The van der Waals surface area contributed by atoms with Gasteiger partial charge >= 0.3 is 0 Å². The van der Waals surface area contributed by atoms with Crippen LogP contribution in [-0.4, -0.2) is 63.1 Å². The average molecular weight is 336 g/mol. The summed E-state index contributed by atoms with van der Waals surface area (Å²) in [5.41, 5.74) is 11.7. The lowest BCUT2D eigenvalue weighted by Crippen LogP contribution is -2.47. The van der Waals surface area contributed by atoms with Gasteiger partial charge in [0.2, 0.25) is 11.9 Å². The van der Waals surface area contributed by atoms with E-state index in [2.05, 4.69) is 42.3 Å². The van der Waals surface area contributed by atoms with Crippen LogP contribution in [0.5, 0.6) is 0 Å². The summed E-state index contributed by atoms with van der Waals surface area (Å²) in [5, 5.41) is 3.12. The number of fused-ring (bicyclic) bond motifs is 1. The van der Waals surface area contributed by atoms with Gasteiger partial charge in [0.1, 0.15) is 0 Å². The van der Waals surface area contributed by atoms with Gasteiger partial charge in [-0.2, -0.15) is 0 Å². The van der Waals surface area contributed by atoms with Crippen molar-refractivity contribution in [2.45, 2.75) is 0 Å². The number of nitrogens with two attached hydrogens (primary N) is 1. The molecule has 1 aliphatic rings. The number of nitrogen functional groups attached to an aromatic ring is 1. The average Bonchev–Trinajstić information content (AvgIpc) is 2.64. The minimum Gasteiger partial charge on any atom is -0.368 e. The van der Waals surface area contributed by atoms with E-state index in [9.17, 15) is 0 Å². The molecule has 25 heavy (non-hydrogen) atoms. The van der Waals surface area contributed by atoms with Crippen LogP contribution in [0.2, 0.25) is 0 Å². The van der Waals surface area contributed by atoms with Gasteiger partial charge in [-0.1, -0.05) is 6.07 Å². The molecule has 0 atom stereocenters. The highest BCUT2D eigenvalue weighted by atomic mass is 15.5. The molecule has 8 heteroatoms. The Morgan fingerprint density at radius 1 is 0.960 bits per heavy atom. The van der Waals surface area contributed by atoms with Crippen molar-refractivity contribution in [3.63, 3.8) is 0 Å². The highest BCUT2D eigenvalue weighted by Gasteiger charge is 2.14. The Balaban J connectivity index is 1.55. The molecule has 0 unspecified atom stereocenters. The maximum absolute atomic E-state index is 5.54. The molecule has 4 rings (SSSR count). The SMILES string of the molecule is CN1CCN(Nc2ncc3cc(-c4cnc(N)nc4)ccc3n2)CC1. The molecule has 3 heterocycles. The fraction of sp³-hybridized carbons (Fsp3) is 0.294. The van der Waals surface area contributed by atoms with Crippen molar-refractivity contribution in [3.8, 4) is 11.1 Å². The van der Waals surface area contributed by atoms with E-state index in [4.69, 9.17) is 5.73 Å². The van der Waals surface area contributed by atoms with E-state index in [1.807, 2.05) is 24.4 Å². The number of nitrogens with one attached hydrogen (secondary N) is 1. The molecule has 0 aliphatic carbocycles. The van der Waals surface area contributed by atoms with Crippen LogP contribution in [0.1, 0.15) is 0 Å². The van der Waals surface area contributed by atoms with E-state index in [-0.39, 0.29) is 5.95 Å². The molecule has 3 aromatic rings. The smallest absolute Gasteiger partial charge is 0.238 e. The number of piperazine rings is 1. The van der Waals surface area contributed by atoms with E-state index >= 15 is 0 Å². The lowest BCUT2D eigenvalue weighted by atomic mass is 10.1. The molecule has 128 valence electrons. The topological polar surface area (TPSA) is 96.1 Å². The number of likely N-dealkylation sites (N-methyl/N-ethyl adjacent to an activating group) is 1. The summed E-state index contributed by atoms with van der Waals surface area (Å²) in [7, 11) is 2.13. The van der Waals surface area contributed by atoms with Crippen LogP contribution in [0.15, 0.2) is 36.8 Å². The fourth-order valence-electron chi connectivity index (χ4n) is 2.81. The Morgan fingerprint density at radius 2 is 1.72 bits per heavy atom. The zero-order valence-corrected chi connectivity index (χ0v) is 14.1.